The molecule has 0 unspecified atom stereocenters. The molecule has 3 aromatic carbocycles. The normalized spacial score (nSPS) is 18.2. The minimum absolute atomic E-state index is 0. The Labute approximate surface area is 464 Å². The first kappa shape index (κ1) is 57.0. The summed E-state index contributed by atoms with van der Waals surface area (Å²) in [6, 6.07) is 9.13. The molecule has 6 heterocycles. The zero-order chi connectivity index (χ0) is 55.3. The van der Waals surface area contributed by atoms with Crippen LogP contribution in [0.25, 0.3) is 32.7 Å². The SMILES string of the molecule is CCN1CCN(c2cc3c(cc2F)c(=O)c(C(=O)[O-])cn3C2CC2)CC1.CCN1CCN(c2cc3c(cc2F)c(=O)c(C(=O)[O-])cn3C2CC2)CC1.CCN1CCN(c2cc3c(cc2F)c(=O)c(C(=O)[O-])cn3C2CC2)CC1.[Fe+3]. The number of pyridine rings is 3. The molecule has 22 heteroatoms. The van der Waals surface area contributed by atoms with Gasteiger partial charge < -0.3 is 72.8 Å². The van der Waals surface area contributed by atoms with E-state index in [0.29, 0.717) is 33.6 Å². The van der Waals surface area contributed by atoms with Crippen LogP contribution < -0.4 is 46.3 Å². The Balaban J connectivity index is 0.000000143. The summed E-state index contributed by atoms with van der Waals surface area (Å²) in [5, 5.41) is 34.2. The van der Waals surface area contributed by atoms with Crippen molar-refractivity contribution in [2.24, 2.45) is 0 Å². The van der Waals surface area contributed by atoms with Crippen LogP contribution in [0.3, 0.4) is 0 Å². The van der Waals surface area contributed by atoms with Crippen molar-refractivity contribution in [3.8, 4) is 0 Å². The molecule has 3 aromatic heterocycles. The summed E-state index contributed by atoms with van der Waals surface area (Å²) < 4.78 is 49.7. The Bertz CT molecular complexity index is 3160. The number of aromatic nitrogens is 3. The van der Waals surface area contributed by atoms with Gasteiger partial charge in [-0.2, -0.15) is 0 Å². The van der Waals surface area contributed by atoms with E-state index >= 15 is 0 Å². The number of likely N-dealkylation sites (N-methyl/N-ethyl adjacent to an activating group) is 3. The number of carbonyl (C=O) groups is 3. The number of rotatable bonds is 12. The van der Waals surface area contributed by atoms with Crippen LogP contribution in [0.15, 0.2) is 69.4 Å². The molecular weight excluding hydrogens is 1070 g/mol. The molecule has 79 heavy (non-hydrogen) atoms. The second kappa shape index (κ2) is 23.6. The van der Waals surface area contributed by atoms with Crippen molar-refractivity contribution in [1.29, 1.82) is 0 Å². The van der Waals surface area contributed by atoms with E-state index in [-0.39, 0.29) is 51.4 Å². The fraction of sp³-hybridized carbons (Fsp3) is 0.474. The number of halogens is 3. The fourth-order valence-corrected chi connectivity index (χ4v) is 11.1. The van der Waals surface area contributed by atoms with Gasteiger partial charge in [0.05, 0.1) is 68.2 Å². The van der Waals surface area contributed by atoms with E-state index in [1.807, 2.05) is 14.7 Å². The maximum atomic E-state index is 14.8. The summed E-state index contributed by atoms with van der Waals surface area (Å²) in [5.74, 6) is -6.03. The molecule has 6 aromatic rings. The monoisotopic (exact) mass is 1130 g/mol. The van der Waals surface area contributed by atoms with Gasteiger partial charge in [-0.15, -0.1) is 0 Å². The third-order valence-electron chi connectivity index (χ3n) is 16.3. The average Bonchev–Trinajstić information content (AvgIpc) is 4.47. The number of fused-ring (bicyclic) bond motifs is 3. The van der Waals surface area contributed by atoms with Gasteiger partial charge in [-0.3, -0.25) is 14.4 Å². The van der Waals surface area contributed by atoms with E-state index in [1.165, 1.54) is 36.8 Å². The van der Waals surface area contributed by atoms with Crippen molar-refractivity contribution in [1.82, 2.24) is 28.4 Å². The van der Waals surface area contributed by atoms with E-state index in [0.717, 1.165) is 137 Å². The summed E-state index contributed by atoms with van der Waals surface area (Å²) >= 11 is 0. The van der Waals surface area contributed by atoms with Crippen LogP contribution >= 0.6 is 0 Å². The van der Waals surface area contributed by atoms with Gasteiger partial charge in [-0.05, 0) is 94.6 Å². The molecule has 0 spiro atoms. The molecule has 12 rings (SSSR count). The van der Waals surface area contributed by atoms with Gasteiger partial charge in [0.1, 0.15) is 17.5 Å². The molecule has 0 N–H and O–H groups in total. The molecular formula is C57H63F3FeN9O9. The van der Waals surface area contributed by atoms with Crippen molar-refractivity contribution in [3.05, 3.63) is 120 Å². The first-order valence-corrected chi connectivity index (χ1v) is 27.2. The number of benzene rings is 3. The van der Waals surface area contributed by atoms with E-state index < -0.39 is 68.3 Å². The van der Waals surface area contributed by atoms with E-state index in [2.05, 4.69) is 35.5 Å². The van der Waals surface area contributed by atoms with Gasteiger partial charge in [0.15, 0.2) is 16.3 Å². The van der Waals surface area contributed by atoms with Crippen LogP contribution in [0.2, 0.25) is 0 Å². The quantitative estimate of drug-likeness (QED) is 0.162. The Morgan fingerprint density at radius 1 is 0.418 bits per heavy atom. The number of anilines is 3. The molecule has 18 nitrogen and oxygen atoms in total. The Morgan fingerprint density at radius 3 is 0.835 bits per heavy atom. The number of piperazine rings is 3. The van der Waals surface area contributed by atoms with Crippen molar-refractivity contribution in [2.45, 2.75) is 77.4 Å². The third kappa shape index (κ3) is 11.8. The van der Waals surface area contributed by atoms with Gasteiger partial charge in [0.2, 0.25) is 0 Å². The average molecular weight is 1130 g/mol. The molecule has 0 atom stereocenters. The first-order valence-electron chi connectivity index (χ1n) is 27.2. The van der Waals surface area contributed by atoms with Crippen molar-refractivity contribution >= 4 is 67.7 Å². The molecule has 6 fully saturated rings. The van der Waals surface area contributed by atoms with Crippen LogP contribution in [-0.4, -0.2) is 144 Å². The van der Waals surface area contributed by atoms with Crippen molar-refractivity contribution < 1.29 is 59.9 Å². The summed E-state index contributed by atoms with van der Waals surface area (Å²) in [7, 11) is 0. The standard InChI is InChI=1S/3C19H22FN3O3.Fe/c3*1-2-21-5-7-22(8-6-21)17-10-16-13(9-15(17)20)18(24)14(19(25)26)11-23(16)12-3-4-12;/h3*9-12H,2-8H2,1H3,(H,25,26);/q;;;+3/p-3. The minimum Gasteiger partial charge on any atom is -0.545 e. The first-order chi connectivity index (χ1) is 37.5. The predicted molar refractivity (Wildman–Crippen MR) is 285 cm³/mol. The number of hydrogen-bond acceptors (Lipinski definition) is 15. The van der Waals surface area contributed by atoms with E-state index in [1.54, 1.807) is 31.9 Å². The number of aromatic carboxylic acids is 3. The number of hydrogen-bond donors (Lipinski definition) is 0. The second-order valence-electron chi connectivity index (χ2n) is 21.1. The molecule has 3 saturated carbocycles. The minimum atomic E-state index is -1.52. The summed E-state index contributed by atoms with van der Waals surface area (Å²) in [6.07, 6.45) is 9.60. The topological polar surface area (TPSA) is 206 Å². The predicted octanol–water partition coefficient (Wildman–Crippen LogP) is 2.94. The molecule has 419 valence electrons. The van der Waals surface area contributed by atoms with Gasteiger partial charge in [-0.25, -0.2) is 13.2 Å². The van der Waals surface area contributed by atoms with Crippen LogP contribution in [-0.2, 0) is 17.1 Å². The Kier molecular flexibility index (Phi) is 17.0. The molecule has 3 saturated heterocycles. The fourth-order valence-electron chi connectivity index (χ4n) is 11.1. The zero-order valence-corrected chi connectivity index (χ0v) is 45.6. The Hall–Kier alpha value is -6.71. The molecule has 0 bridgehead atoms. The Morgan fingerprint density at radius 2 is 0.646 bits per heavy atom. The van der Waals surface area contributed by atoms with Crippen LogP contribution in [0.5, 0.6) is 0 Å². The zero-order valence-electron chi connectivity index (χ0n) is 44.5. The molecule has 1 radical (unpaired) electrons. The van der Waals surface area contributed by atoms with Crippen LogP contribution in [0.4, 0.5) is 30.2 Å². The maximum absolute atomic E-state index is 14.8. The summed E-state index contributed by atoms with van der Waals surface area (Å²) in [4.78, 5) is 84.2. The molecule has 3 aliphatic carbocycles. The van der Waals surface area contributed by atoms with Crippen molar-refractivity contribution in [3.63, 3.8) is 0 Å². The number of carboxylic acids is 3. The largest absolute Gasteiger partial charge is 3.00 e. The van der Waals surface area contributed by atoms with Crippen LogP contribution in [0, 0.1) is 17.5 Å². The molecule has 0 amide bonds. The third-order valence-corrected chi connectivity index (χ3v) is 16.3. The number of carbonyl (C=O) groups excluding carboxylic acids is 3. The van der Waals surface area contributed by atoms with Gasteiger partial charge in [-0.1, -0.05) is 20.8 Å². The van der Waals surface area contributed by atoms with E-state index in [4.69, 9.17) is 0 Å². The van der Waals surface area contributed by atoms with Gasteiger partial charge >= 0.3 is 17.1 Å². The number of nitrogens with zero attached hydrogens (tertiary/aromatic N) is 9. The summed E-state index contributed by atoms with van der Waals surface area (Å²) in [5.41, 5.74) is -0.0657. The van der Waals surface area contributed by atoms with Crippen molar-refractivity contribution in [2.75, 3.05) is 113 Å². The van der Waals surface area contributed by atoms with Gasteiger partial charge in [0, 0.05) is 131 Å². The van der Waals surface area contributed by atoms with Crippen LogP contribution in [0.1, 0.15) is 108 Å². The molecule has 6 aliphatic rings. The molecule has 3 aliphatic heterocycles. The van der Waals surface area contributed by atoms with Gasteiger partial charge in [0.25, 0.3) is 0 Å². The second-order valence-corrected chi connectivity index (χ2v) is 21.1. The number of carboxylic acid groups (broad SMARTS) is 3. The maximum Gasteiger partial charge on any atom is 3.00 e. The van der Waals surface area contributed by atoms with E-state index in [9.17, 15) is 57.3 Å². The summed E-state index contributed by atoms with van der Waals surface area (Å²) in [6.45, 7) is 18.8. The smallest absolute Gasteiger partial charge is 0.545 e.